The number of hydrogen-bond acceptors (Lipinski definition) is 5. The van der Waals surface area contributed by atoms with Crippen LogP contribution in [-0.4, -0.2) is 35.2 Å². The van der Waals surface area contributed by atoms with Gasteiger partial charge in [-0.05, 0) is 34.4 Å². The molecule has 1 aliphatic rings. The van der Waals surface area contributed by atoms with Gasteiger partial charge in [0.2, 0.25) is 0 Å². The van der Waals surface area contributed by atoms with Crippen molar-refractivity contribution in [3.8, 4) is 11.1 Å². The Bertz CT molecular complexity index is 1200. The maximum absolute atomic E-state index is 13.6. The number of aliphatic carboxylic acids is 1. The number of nitrogens with zero attached hydrogens (tertiary/aromatic N) is 2. The van der Waals surface area contributed by atoms with Gasteiger partial charge in [0.15, 0.2) is 0 Å². The van der Waals surface area contributed by atoms with Crippen LogP contribution in [0.25, 0.3) is 11.1 Å². The number of carboxylic acids is 1. The predicted octanol–water partition coefficient (Wildman–Crippen LogP) is 4.96. The topological polar surface area (TPSA) is 110 Å². The van der Waals surface area contributed by atoms with Gasteiger partial charge in [-0.3, -0.25) is 19.8 Å². The number of fused-ring (bicyclic) bond motifs is 3. The van der Waals surface area contributed by atoms with E-state index >= 15 is 0 Å². The molecule has 1 aliphatic carbocycles. The van der Waals surface area contributed by atoms with Gasteiger partial charge in [-0.2, -0.15) is 0 Å². The minimum Gasteiger partial charge on any atom is -0.481 e. The van der Waals surface area contributed by atoms with Crippen LogP contribution in [0.3, 0.4) is 0 Å². The van der Waals surface area contributed by atoms with E-state index in [1.807, 2.05) is 48.5 Å². The number of amides is 1. The third-order valence-corrected chi connectivity index (χ3v) is 5.53. The van der Waals surface area contributed by atoms with Crippen LogP contribution in [0.2, 0.25) is 0 Å². The van der Waals surface area contributed by atoms with Gasteiger partial charge in [-0.25, -0.2) is 9.18 Å². The highest BCUT2D eigenvalue weighted by Crippen LogP contribution is 2.44. The summed E-state index contributed by atoms with van der Waals surface area (Å²) in [5.74, 6) is -2.29. The average molecular weight is 450 g/mol. The monoisotopic (exact) mass is 450 g/mol. The minimum absolute atomic E-state index is 0.0502. The molecule has 3 aromatic rings. The van der Waals surface area contributed by atoms with Gasteiger partial charge < -0.3 is 9.84 Å². The summed E-state index contributed by atoms with van der Waals surface area (Å²) in [6.07, 6.45) is -1.42. The maximum Gasteiger partial charge on any atom is 0.414 e. The highest BCUT2D eigenvalue weighted by atomic mass is 19.1. The van der Waals surface area contributed by atoms with Crippen molar-refractivity contribution >= 4 is 23.4 Å². The lowest BCUT2D eigenvalue weighted by Crippen LogP contribution is -2.35. The van der Waals surface area contributed by atoms with Crippen molar-refractivity contribution in [2.24, 2.45) is 0 Å². The molecule has 0 fully saturated rings. The summed E-state index contributed by atoms with van der Waals surface area (Å²) in [7, 11) is 0. The van der Waals surface area contributed by atoms with E-state index in [0.717, 1.165) is 39.3 Å². The van der Waals surface area contributed by atoms with Gasteiger partial charge in [0.25, 0.3) is 5.69 Å². The molecule has 0 aromatic heterocycles. The lowest BCUT2D eigenvalue weighted by Gasteiger charge is -2.23. The molecule has 0 atom stereocenters. The van der Waals surface area contributed by atoms with E-state index < -0.39 is 34.9 Å². The first kappa shape index (κ1) is 21.9. The Morgan fingerprint density at radius 2 is 1.64 bits per heavy atom. The van der Waals surface area contributed by atoms with E-state index in [9.17, 15) is 24.1 Å². The predicted molar refractivity (Wildman–Crippen MR) is 118 cm³/mol. The van der Waals surface area contributed by atoms with Crippen LogP contribution in [0, 0.1) is 15.9 Å². The standard InChI is InChI=1S/C24H19FN2O6/c25-15-9-10-21(22(13-15)27(31)32)26(12-11-23(28)29)24(30)33-14-20-18-7-3-1-5-16(18)17-6-2-4-8-19(17)20/h1-10,13,20H,11-12,14H2,(H,28,29). The molecule has 0 radical (unpaired) electrons. The molecule has 9 heteroatoms. The molecular formula is C24H19FN2O6. The second kappa shape index (κ2) is 9.07. The van der Waals surface area contributed by atoms with Crippen LogP contribution in [0.1, 0.15) is 23.5 Å². The normalized spacial score (nSPS) is 12.0. The Morgan fingerprint density at radius 1 is 1.03 bits per heavy atom. The molecule has 0 saturated heterocycles. The Hall–Kier alpha value is -4.27. The second-order valence-electron chi connectivity index (χ2n) is 7.49. The van der Waals surface area contributed by atoms with Crippen molar-refractivity contribution < 1.29 is 28.7 Å². The van der Waals surface area contributed by atoms with Gasteiger partial charge in [0, 0.05) is 12.5 Å². The Balaban J connectivity index is 1.61. The summed E-state index contributed by atoms with van der Waals surface area (Å²) >= 11 is 0. The molecule has 8 nitrogen and oxygen atoms in total. The van der Waals surface area contributed by atoms with Crippen molar-refractivity contribution in [3.05, 3.63) is 93.8 Å². The van der Waals surface area contributed by atoms with Crippen LogP contribution in [0.4, 0.5) is 20.6 Å². The molecule has 168 valence electrons. The van der Waals surface area contributed by atoms with Crippen LogP contribution in [0.5, 0.6) is 0 Å². The average Bonchev–Trinajstić information content (AvgIpc) is 3.12. The largest absolute Gasteiger partial charge is 0.481 e. The third-order valence-electron chi connectivity index (χ3n) is 5.53. The fraction of sp³-hybridized carbons (Fsp3) is 0.167. The van der Waals surface area contributed by atoms with E-state index in [2.05, 4.69) is 0 Å². The van der Waals surface area contributed by atoms with Crippen molar-refractivity contribution in [2.45, 2.75) is 12.3 Å². The van der Waals surface area contributed by atoms with Crippen LogP contribution in [0.15, 0.2) is 66.7 Å². The van der Waals surface area contributed by atoms with Gasteiger partial charge in [0.1, 0.15) is 18.1 Å². The van der Waals surface area contributed by atoms with E-state index in [-0.39, 0.29) is 24.8 Å². The number of ether oxygens (including phenoxy) is 1. The first-order valence-electron chi connectivity index (χ1n) is 10.1. The summed E-state index contributed by atoms with van der Waals surface area (Å²) in [6.45, 7) is -0.427. The molecule has 3 aromatic carbocycles. The number of halogens is 1. The lowest BCUT2D eigenvalue weighted by atomic mass is 9.98. The number of anilines is 1. The molecule has 4 rings (SSSR count). The molecule has 0 bridgehead atoms. The Labute approximate surface area is 188 Å². The third kappa shape index (κ3) is 4.38. The SMILES string of the molecule is O=C(O)CCN(C(=O)OCC1c2ccccc2-c2ccccc21)c1ccc(F)cc1[N+](=O)[O-]. The summed E-state index contributed by atoms with van der Waals surface area (Å²) in [6, 6.07) is 18.2. The number of nitro groups is 1. The van der Waals surface area contributed by atoms with Crippen LogP contribution < -0.4 is 4.90 Å². The minimum atomic E-state index is -1.20. The fourth-order valence-electron chi connectivity index (χ4n) is 4.06. The van der Waals surface area contributed by atoms with Gasteiger partial charge in [-0.1, -0.05) is 48.5 Å². The smallest absolute Gasteiger partial charge is 0.414 e. The Morgan fingerprint density at radius 3 is 2.21 bits per heavy atom. The molecule has 1 N–H and O–H groups in total. The van der Waals surface area contributed by atoms with E-state index in [1.54, 1.807) is 0 Å². The van der Waals surface area contributed by atoms with Crippen molar-refractivity contribution in [3.63, 3.8) is 0 Å². The summed E-state index contributed by atoms with van der Waals surface area (Å²) in [5.41, 5.74) is 3.14. The summed E-state index contributed by atoms with van der Waals surface area (Å²) in [5, 5.41) is 20.5. The van der Waals surface area contributed by atoms with Crippen molar-refractivity contribution in [1.82, 2.24) is 0 Å². The fourth-order valence-corrected chi connectivity index (χ4v) is 4.06. The van der Waals surface area contributed by atoms with Crippen molar-refractivity contribution in [2.75, 3.05) is 18.1 Å². The van der Waals surface area contributed by atoms with Crippen molar-refractivity contribution in [1.29, 1.82) is 0 Å². The highest BCUT2D eigenvalue weighted by molar-refractivity contribution is 5.91. The van der Waals surface area contributed by atoms with Crippen LogP contribution in [-0.2, 0) is 9.53 Å². The highest BCUT2D eigenvalue weighted by Gasteiger charge is 2.31. The molecule has 0 spiro atoms. The molecule has 0 unspecified atom stereocenters. The molecule has 0 aliphatic heterocycles. The van der Waals surface area contributed by atoms with Gasteiger partial charge >= 0.3 is 12.1 Å². The quantitative estimate of drug-likeness (QED) is 0.402. The van der Waals surface area contributed by atoms with Gasteiger partial charge in [-0.15, -0.1) is 0 Å². The number of hydrogen-bond donors (Lipinski definition) is 1. The molecule has 33 heavy (non-hydrogen) atoms. The van der Waals surface area contributed by atoms with E-state index in [4.69, 9.17) is 9.84 Å². The summed E-state index contributed by atoms with van der Waals surface area (Å²) < 4.78 is 19.1. The first-order valence-corrected chi connectivity index (χ1v) is 10.1. The zero-order valence-electron chi connectivity index (χ0n) is 17.3. The number of carbonyl (C=O) groups excluding carboxylic acids is 1. The molecular weight excluding hydrogens is 431 g/mol. The number of rotatable bonds is 7. The van der Waals surface area contributed by atoms with Crippen LogP contribution >= 0.6 is 0 Å². The number of nitro benzene ring substituents is 1. The second-order valence-corrected chi connectivity index (χ2v) is 7.49. The number of carboxylic acid groups (broad SMARTS) is 1. The lowest BCUT2D eigenvalue weighted by molar-refractivity contribution is -0.384. The first-order chi connectivity index (χ1) is 15.9. The molecule has 1 amide bonds. The molecule has 0 saturated carbocycles. The zero-order chi connectivity index (χ0) is 23.5. The number of carbonyl (C=O) groups is 2. The number of benzene rings is 3. The van der Waals surface area contributed by atoms with E-state index in [0.29, 0.717) is 6.07 Å². The maximum atomic E-state index is 13.6. The Kier molecular flexibility index (Phi) is 6.03. The van der Waals surface area contributed by atoms with Gasteiger partial charge in [0.05, 0.1) is 17.4 Å². The summed E-state index contributed by atoms with van der Waals surface area (Å²) in [4.78, 5) is 35.5. The zero-order valence-corrected chi connectivity index (χ0v) is 17.3. The van der Waals surface area contributed by atoms with E-state index in [1.165, 1.54) is 0 Å². The molecule has 0 heterocycles.